The van der Waals surface area contributed by atoms with Gasteiger partial charge in [-0.05, 0) is 49.8 Å². The zero-order chi connectivity index (χ0) is 14.4. The van der Waals surface area contributed by atoms with Crippen LogP contribution in [0, 0.1) is 5.92 Å². The number of amides is 1. The highest BCUT2D eigenvalue weighted by Crippen LogP contribution is 2.32. The van der Waals surface area contributed by atoms with Gasteiger partial charge in [0, 0.05) is 19.0 Å². The van der Waals surface area contributed by atoms with E-state index in [1.54, 1.807) is 0 Å². The van der Waals surface area contributed by atoms with Crippen LogP contribution in [0.2, 0.25) is 0 Å². The number of nitrogens with one attached hydrogen (secondary N) is 1. The number of carbonyl (C=O) groups is 1. The van der Waals surface area contributed by atoms with Crippen molar-refractivity contribution in [2.45, 2.75) is 38.6 Å². The first-order valence-corrected chi connectivity index (χ1v) is 7.44. The molecule has 20 heavy (non-hydrogen) atoms. The highest BCUT2D eigenvalue weighted by Gasteiger charge is 2.30. The van der Waals surface area contributed by atoms with E-state index in [1.165, 1.54) is 12.8 Å². The van der Waals surface area contributed by atoms with Crippen LogP contribution in [0.4, 0.5) is 0 Å². The molecule has 2 rings (SSSR count). The Balaban J connectivity index is 1.74. The van der Waals surface area contributed by atoms with Crippen LogP contribution < -0.4 is 15.8 Å². The Morgan fingerprint density at radius 2 is 2.10 bits per heavy atom. The first kappa shape index (κ1) is 14.9. The van der Waals surface area contributed by atoms with Gasteiger partial charge in [0.15, 0.2) is 0 Å². The van der Waals surface area contributed by atoms with E-state index in [-0.39, 0.29) is 11.9 Å². The summed E-state index contributed by atoms with van der Waals surface area (Å²) in [5.74, 6) is 1.58. The quantitative estimate of drug-likeness (QED) is 0.762. The molecule has 1 fully saturated rings. The highest BCUT2D eigenvalue weighted by molar-refractivity contribution is 5.76. The maximum Gasteiger partial charge on any atom is 0.220 e. The van der Waals surface area contributed by atoms with Gasteiger partial charge in [0.1, 0.15) is 5.75 Å². The maximum absolute atomic E-state index is 11.9. The Hall–Kier alpha value is -1.55. The van der Waals surface area contributed by atoms with Crippen LogP contribution in [0.3, 0.4) is 0 Å². The second-order valence-corrected chi connectivity index (χ2v) is 5.32. The summed E-state index contributed by atoms with van der Waals surface area (Å²) in [4.78, 5) is 11.9. The summed E-state index contributed by atoms with van der Waals surface area (Å²) < 4.78 is 5.39. The third kappa shape index (κ3) is 4.53. The van der Waals surface area contributed by atoms with E-state index in [9.17, 15) is 4.79 Å². The third-order valence-corrected chi connectivity index (χ3v) is 3.67. The van der Waals surface area contributed by atoms with Gasteiger partial charge in [0.05, 0.1) is 6.61 Å². The Bertz CT molecular complexity index is 427. The lowest BCUT2D eigenvalue weighted by atomic mass is 10.1. The highest BCUT2D eigenvalue weighted by atomic mass is 16.5. The SMILES string of the molecule is CCOc1ccc(CCC(=O)NC(CN)C2CC2)cc1. The van der Waals surface area contributed by atoms with Crippen LogP contribution in [-0.2, 0) is 11.2 Å². The van der Waals surface area contributed by atoms with Gasteiger partial charge in [-0.25, -0.2) is 0 Å². The fourth-order valence-electron chi connectivity index (χ4n) is 2.32. The third-order valence-electron chi connectivity index (χ3n) is 3.67. The molecule has 1 saturated carbocycles. The minimum atomic E-state index is 0.0984. The van der Waals surface area contributed by atoms with Gasteiger partial charge >= 0.3 is 0 Å². The van der Waals surface area contributed by atoms with Gasteiger partial charge in [-0.1, -0.05) is 12.1 Å². The summed E-state index contributed by atoms with van der Waals surface area (Å²) in [6.45, 7) is 3.18. The van der Waals surface area contributed by atoms with Crippen molar-refractivity contribution in [3.63, 3.8) is 0 Å². The summed E-state index contributed by atoms with van der Waals surface area (Å²) in [5.41, 5.74) is 6.84. The number of nitrogens with two attached hydrogens (primary N) is 1. The van der Waals surface area contributed by atoms with Crippen molar-refractivity contribution in [2.75, 3.05) is 13.2 Å². The summed E-state index contributed by atoms with van der Waals surface area (Å²) >= 11 is 0. The van der Waals surface area contributed by atoms with Gasteiger partial charge < -0.3 is 15.8 Å². The van der Waals surface area contributed by atoms with Gasteiger partial charge in [0.2, 0.25) is 5.91 Å². The molecule has 1 aromatic rings. The number of aryl methyl sites for hydroxylation is 1. The van der Waals surface area contributed by atoms with Gasteiger partial charge in [-0.3, -0.25) is 4.79 Å². The average Bonchev–Trinajstić information content (AvgIpc) is 3.29. The Labute approximate surface area is 120 Å². The van der Waals surface area contributed by atoms with Crippen LogP contribution in [0.5, 0.6) is 5.75 Å². The van der Waals surface area contributed by atoms with Crippen molar-refractivity contribution >= 4 is 5.91 Å². The number of carbonyl (C=O) groups excluding carboxylic acids is 1. The molecule has 0 aromatic heterocycles. The first-order valence-electron chi connectivity index (χ1n) is 7.44. The minimum Gasteiger partial charge on any atom is -0.494 e. The second-order valence-electron chi connectivity index (χ2n) is 5.32. The predicted octanol–water partition coefficient (Wildman–Crippen LogP) is 1.87. The molecular formula is C16H24N2O2. The lowest BCUT2D eigenvalue weighted by Crippen LogP contribution is -2.41. The molecule has 1 aliphatic carbocycles. The molecule has 1 aromatic carbocycles. The number of rotatable bonds is 8. The Morgan fingerprint density at radius 3 is 2.65 bits per heavy atom. The smallest absolute Gasteiger partial charge is 0.220 e. The van der Waals surface area contributed by atoms with Crippen molar-refractivity contribution in [1.82, 2.24) is 5.32 Å². The molecule has 4 nitrogen and oxygen atoms in total. The van der Waals surface area contributed by atoms with Crippen LogP contribution in [0.15, 0.2) is 24.3 Å². The molecule has 4 heteroatoms. The topological polar surface area (TPSA) is 64.3 Å². The van der Waals surface area contributed by atoms with E-state index in [4.69, 9.17) is 10.5 Å². The summed E-state index contributed by atoms with van der Waals surface area (Å²) in [5, 5.41) is 3.04. The molecule has 0 heterocycles. The number of benzene rings is 1. The van der Waals surface area contributed by atoms with E-state index in [0.717, 1.165) is 17.7 Å². The van der Waals surface area contributed by atoms with Crippen LogP contribution >= 0.6 is 0 Å². The molecule has 1 amide bonds. The Morgan fingerprint density at radius 1 is 1.40 bits per heavy atom. The molecular weight excluding hydrogens is 252 g/mol. The lowest BCUT2D eigenvalue weighted by Gasteiger charge is -2.15. The molecule has 1 aliphatic rings. The van der Waals surface area contributed by atoms with E-state index in [2.05, 4.69) is 5.32 Å². The van der Waals surface area contributed by atoms with E-state index in [0.29, 0.717) is 25.5 Å². The monoisotopic (exact) mass is 276 g/mol. The number of hydrogen-bond donors (Lipinski definition) is 2. The second kappa shape index (κ2) is 7.29. The molecule has 0 spiro atoms. The van der Waals surface area contributed by atoms with E-state index in [1.807, 2.05) is 31.2 Å². The van der Waals surface area contributed by atoms with Gasteiger partial charge in [-0.15, -0.1) is 0 Å². The van der Waals surface area contributed by atoms with Crippen molar-refractivity contribution in [2.24, 2.45) is 11.7 Å². The average molecular weight is 276 g/mol. The zero-order valence-corrected chi connectivity index (χ0v) is 12.1. The van der Waals surface area contributed by atoms with Crippen molar-refractivity contribution < 1.29 is 9.53 Å². The lowest BCUT2D eigenvalue weighted by molar-refractivity contribution is -0.121. The Kier molecular flexibility index (Phi) is 5.41. The summed E-state index contributed by atoms with van der Waals surface area (Å²) in [6.07, 6.45) is 3.65. The van der Waals surface area contributed by atoms with Crippen molar-refractivity contribution in [1.29, 1.82) is 0 Å². The normalized spacial score (nSPS) is 15.7. The minimum absolute atomic E-state index is 0.0984. The number of ether oxygens (including phenoxy) is 1. The largest absolute Gasteiger partial charge is 0.494 e. The fourth-order valence-corrected chi connectivity index (χ4v) is 2.32. The maximum atomic E-state index is 11.9. The zero-order valence-electron chi connectivity index (χ0n) is 12.1. The summed E-state index contributed by atoms with van der Waals surface area (Å²) in [7, 11) is 0. The number of hydrogen-bond acceptors (Lipinski definition) is 3. The van der Waals surface area contributed by atoms with Crippen molar-refractivity contribution in [3.05, 3.63) is 29.8 Å². The molecule has 1 unspecified atom stereocenters. The molecule has 0 aliphatic heterocycles. The summed E-state index contributed by atoms with van der Waals surface area (Å²) in [6, 6.07) is 8.09. The molecule has 0 saturated heterocycles. The molecule has 1 atom stereocenters. The van der Waals surface area contributed by atoms with Crippen LogP contribution in [0.1, 0.15) is 31.7 Å². The predicted molar refractivity (Wildman–Crippen MR) is 79.6 cm³/mol. The standard InChI is InChI=1S/C16H24N2O2/c1-2-20-14-8-3-12(4-9-14)5-10-16(19)18-15(11-17)13-6-7-13/h3-4,8-9,13,15H,2,5-7,10-11,17H2,1H3,(H,18,19). The fraction of sp³-hybridized carbons (Fsp3) is 0.562. The molecule has 0 bridgehead atoms. The first-order chi connectivity index (χ1) is 9.72. The molecule has 0 radical (unpaired) electrons. The molecule has 3 N–H and O–H groups in total. The van der Waals surface area contributed by atoms with Crippen LogP contribution in [-0.4, -0.2) is 25.1 Å². The van der Waals surface area contributed by atoms with E-state index >= 15 is 0 Å². The van der Waals surface area contributed by atoms with Gasteiger partial charge in [-0.2, -0.15) is 0 Å². The molecule has 110 valence electrons. The van der Waals surface area contributed by atoms with Crippen LogP contribution in [0.25, 0.3) is 0 Å². The van der Waals surface area contributed by atoms with E-state index < -0.39 is 0 Å². The van der Waals surface area contributed by atoms with Gasteiger partial charge in [0.25, 0.3) is 0 Å². The van der Waals surface area contributed by atoms with Crippen molar-refractivity contribution in [3.8, 4) is 5.75 Å².